The molecule has 0 spiro atoms. The highest BCUT2D eigenvalue weighted by Crippen LogP contribution is 2.11. The Morgan fingerprint density at radius 1 is 1.28 bits per heavy atom. The number of anilines is 1. The van der Waals surface area contributed by atoms with Crippen LogP contribution in [0.15, 0.2) is 30.3 Å². The van der Waals surface area contributed by atoms with Crippen LogP contribution in [0.1, 0.15) is 28.7 Å². The van der Waals surface area contributed by atoms with E-state index in [0.717, 1.165) is 11.4 Å². The highest BCUT2D eigenvalue weighted by Gasteiger charge is 2.12. The molecule has 0 aliphatic carbocycles. The summed E-state index contributed by atoms with van der Waals surface area (Å²) in [6.07, 6.45) is 0. The predicted molar refractivity (Wildman–Crippen MR) is 71.8 cm³/mol. The molecule has 1 amide bonds. The molecule has 18 heavy (non-hydrogen) atoms. The van der Waals surface area contributed by atoms with Gasteiger partial charge in [-0.3, -0.25) is 9.48 Å². The third-order valence-corrected chi connectivity index (χ3v) is 2.74. The molecule has 2 rings (SSSR count). The lowest BCUT2D eigenvalue weighted by Gasteiger charge is -2.06. The minimum Gasteiger partial charge on any atom is -0.321 e. The van der Waals surface area contributed by atoms with Crippen molar-refractivity contribution in [2.24, 2.45) is 0 Å². The van der Waals surface area contributed by atoms with Crippen molar-refractivity contribution in [3.05, 3.63) is 47.3 Å². The fraction of sp³-hybridized carbons (Fsp3) is 0.286. The first-order chi connectivity index (χ1) is 8.60. The van der Waals surface area contributed by atoms with E-state index in [1.807, 2.05) is 45.0 Å². The van der Waals surface area contributed by atoms with Crippen LogP contribution in [-0.4, -0.2) is 15.7 Å². The Balaban J connectivity index is 2.19. The minimum absolute atomic E-state index is 0.124. The van der Waals surface area contributed by atoms with Gasteiger partial charge in [-0.2, -0.15) is 5.10 Å². The van der Waals surface area contributed by atoms with Crippen molar-refractivity contribution in [1.82, 2.24) is 9.78 Å². The number of hydrogen-bond donors (Lipinski definition) is 1. The smallest absolute Gasteiger partial charge is 0.273 e. The summed E-state index contributed by atoms with van der Waals surface area (Å²) in [5.41, 5.74) is 3.41. The van der Waals surface area contributed by atoms with Gasteiger partial charge in [-0.1, -0.05) is 17.7 Å². The molecule has 4 heteroatoms. The maximum Gasteiger partial charge on any atom is 0.273 e. The fourth-order valence-electron chi connectivity index (χ4n) is 1.80. The number of aromatic nitrogens is 2. The van der Waals surface area contributed by atoms with Crippen molar-refractivity contribution >= 4 is 11.6 Å². The number of aryl methyl sites for hydroxylation is 3. The minimum atomic E-state index is -0.124. The maximum atomic E-state index is 12.1. The molecular weight excluding hydrogens is 226 g/mol. The van der Waals surface area contributed by atoms with Crippen molar-refractivity contribution in [2.75, 3.05) is 5.32 Å². The van der Waals surface area contributed by atoms with Crippen LogP contribution in [0.3, 0.4) is 0 Å². The van der Waals surface area contributed by atoms with Crippen molar-refractivity contribution < 1.29 is 4.79 Å². The van der Waals surface area contributed by atoms with Gasteiger partial charge in [0.2, 0.25) is 0 Å². The number of nitrogens with zero attached hydrogens (tertiary/aromatic N) is 2. The van der Waals surface area contributed by atoms with E-state index >= 15 is 0 Å². The Labute approximate surface area is 107 Å². The van der Waals surface area contributed by atoms with E-state index in [1.165, 1.54) is 5.56 Å². The van der Waals surface area contributed by atoms with Crippen LogP contribution in [0.25, 0.3) is 0 Å². The summed E-state index contributed by atoms with van der Waals surface area (Å²) in [5.74, 6) is -0.124. The number of rotatable bonds is 3. The van der Waals surface area contributed by atoms with Crippen LogP contribution in [-0.2, 0) is 6.54 Å². The average molecular weight is 243 g/mol. The summed E-state index contributed by atoms with van der Waals surface area (Å²) in [6.45, 7) is 6.55. The monoisotopic (exact) mass is 243 g/mol. The fourth-order valence-corrected chi connectivity index (χ4v) is 1.80. The quantitative estimate of drug-likeness (QED) is 0.901. The van der Waals surface area contributed by atoms with Gasteiger partial charge in [-0.05, 0) is 39.0 Å². The molecule has 0 aliphatic heterocycles. The van der Waals surface area contributed by atoms with E-state index in [0.29, 0.717) is 12.2 Å². The van der Waals surface area contributed by atoms with Gasteiger partial charge in [0.1, 0.15) is 5.69 Å². The molecule has 1 aromatic heterocycles. The molecule has 0 aliphatic rings. The van der Waals surface area contributed by atoms with E-state index in [9.17, 15) is 4.79 Å². The molecule has 0 bridgehead atoms. The number of hydrogen-bond acceptors (Lipinski definition) is 2. The predicted octanol–water partition coefficient (Wildman–Crippen LogP) is 2.77. The highest BCUT2D eigenvalue weighted by molar-refractivity contribution is 6.03. The van der Waals surface area contributed by atoms with E-state index in [1.54, 1.807) is 10.7 Å². The largest absolute Gasteiger partial charge is 0.321 e. The lowest BCUT2D eigenvalue weighted by atomic mass is 10.2. The zero-order valence-corrected chi connectivity index (χ0v) is 10.9. The molecule has 1 N–H and O–H groups in total. The van der Waals surface area contributed by atoms with Crippen LogP contribution >= 0.6 is 0 Å². The van der Waals surface area contributed by atoms with E-state index in [4.69, 9.17) is 0 Å². The summed E-state index contributed by atoms with van der Waals surface area (Å²) < 4.78 is 1.71. The summed E-state index contributed by atoms with van der Waals surface area (Å²) in [6, 6.07) is 9.53. The molecule has 0 saturated heterocycles. The first-order valence-corrected chi connectivity index (χ1v) is 6.02. The molecule has 0 atom stereocenters. The number of amides is 1. The summed E-state index contributed by atoms with van der Waals surface area (Å²) in [4.78, 5) is 12.1. The zero-order valence-electron chi connectivity index (χ0n) is 10.9. The highest BCUT2D eigenvalue weighted by atomic mass is 16.2. The molecule has 1 aromatic carbocycles. The Bertz CT molecular complexity index is 555. The van der Waals surface area contributed by atoms with Gasteiger partial charge in [-0.15, -0.1) is 0 Å². The van der Waals surface area contributed by atoms with Crippen LogP contribution in [0.5, 0.6) is 0 Å². The van der Waals surface area contributed by atoms with Gasteiger partial charge in [0.05, 0.1) is 5.69 Å². The standard InChI is InChI=1S/C14H17N3O/c1-4-17-13(9-11(3)16-17)14(18)15-12-7-5-10(2)6-8-12/h5-9H,4H2,1-3H3,(H,15,18). The van der Waals surface area contributed by atoms with Crippen LogP contribution in [0.2, 0.25) is 0 Å². The molecule has 0 fully saturated rings. The SMILES string of the molecule is CCn1nc(C)cc1C(=O)Nc1ccc(C)cc1. The lowest BCUT2D eigenvalue weighted by Crippen LogP contribution is -2.17. The lowest BCUT2D eigenvalue weighted by molar-refractivity contribution is 0.101. The normalized spacial score (nSPS) is 10.4. The Morgan fingerprint density at radius 3 is 2.56 bits per heavy atom. The van der Waals surface area contributed by atoms with Crippen molar-refractivity contribution in [2.45, 2.75) is 27.3 Å². The van der Waals surface area contributed by atoms with Gasteiger partial charge in [0, 0.05) is 12.2 Å². The number of carbonyl (C=O) groups is 1. The second kappa shape index (κ2) is 5.04. The molecule has 1 heterocycles. The van der Waals surface area contributed by atoms with Gasteiger partial charge in [-0.25, -0.2) is 0 Å². The molecule has 2 aromatic rings. The van der Waals surface area contributed by atoms with Crippen molar-refractivity contribution in [1.29, 1.82) is 0 Å². The topological polar surface area (TPSA) is 46.9 Å². The number of benzene rings is 1. The Kier molecular flexibility index (Phi) is 3.46. The molecule has 4 nitrogen and oxygen atoms in total. The van der Waals surface area contributed by atoms with Crippen molar-refractivity contribution in [3.63, 3.8) is 0 Å². The van der Waals surface area contributed by atoms with Crippen LogP contribution in [0.4, 0.5) is 5.69 Å². The third kappa shape index (κ3) is 2.59. The molecule has 94 valence electrons. The van der Waals surface area contributed by atoms with Gasteiger partial charge < -0.3 is 5.32 Å². The first-order valence-electron chi connectivity index (χ1n) is 6.02. The molecule has 0 unspecified atom stereocenters. The summed E-state index contributed by atoms with van der Waals surface area (Å²) in [7, 11) is 0. The number of nitrogens with one attached hydrogen (secondary N) is 1. The Morgan fingerprint density at radius 2 is 1.94 bits per heavy atom. The van der Waals surface area contributed by atoms with Crippen LogP contribution < -0.4 is 5.32 Å². The summed E-state index contributed by atoms with van der Waals surface area (Å²) >= 11 is 0. The maximum absolute atomic E-state index is 12.1. The Hall–Kier alpha value is -2.10. The van der Waals surface area contributed by atoms with E-state index in [-0.39, 0.29) is 5.91 Å². The second-order valence-electron chi connectivity index (χ2n) is 4.31. The zero-order chi connectivity index (χ0) is 13.1. The van der Waals surface area contributed by atoms with Gasteiger partial charge in [0.25, 0.3) is 5.91 Å². The van der Waals surface area contributed by atoms with E-state index in [2.05, 4.69) is 10.4 Å². The molecular formula is C14H17N3O. The van der Waals surface area contributed by atoms with Crippen LogP contribution in [0, 0.1) is 13.8 Å². The number of carbonyl (C=O) groups excluding carboxylic acids is 1. The van der Waals surface area contributed by atoms with Gasteiger partial charge >= 0.3 is 0 Å². The second-order valence-corrected chi connectivity index (χ2v) is 4.31. The van der Waals surface area contributed by atoms with Crippen molar-refractivity contribution in [3.8, 4) is 0 Å². The van der Waals surface area contributed by atoms with E-state index < -0.39 is 0 Å². The summed E-state index contributed by atoms with van der Waals surface area (Å²) in [5, 5.41) is 7.14. The third-order valence-electron chi connectivity index (χ3n) is 2.74. The molecule has 0 radical (unpaired) electrons. The first kappa shape index (κ1) is 12.4. The molecule has 0 saturated carbocycles. The van der Waals surface area contributed by atoms with Gasteiger partial charge in [0.15, 0.2) is 0 Å². The average Bonchev–Trinajstić information content (AvgIpc) is 2.73.